The third-order valence-electron chi connectivity index (χ3n) is 11.6. The maximum Gasteiger partial charge on any atom is 0.306 e. The highest BCUT2D eigenvalue weighted by molar-refractivity contribution is 7.99. The second-order valence-electron chi connectivity index (χ2n) is 17.5. The van der Waals surface area contributed by atoms with Crippen LogP contribution in [0.3, 0.4) is 0 Å². The Bertz CT molecular complexity index is 773. The molecule has 0 aliphatic heterocycles. The maximum atomic E-state index is 12.8. The van der Waals surface area contributed by atoms with Crippen molar-refractivity contribution < 1.29 is 19.1 Å². The number of rotatable bonds is 48. The van der Waals surface area contributed by atoms with Gasteiger partial charge in [0, 0.05) is 18.6 Å². The number of thioether (sulfide) groups is 1. The molecule has 0 spiro atoms. The molecule has 56 heavy (non-hydrogen) atoms. The summed E-state index contributed by atoms with van der Waals surface area (Å²) in [7, 11) is 0. The Balaban J connectivity index is 4.19. The van der Waals surface area contributed by atoms with Crippen LogP contribution in [0.15, 0.2) is 0 Å². The summed E-state index contributed by atoms with van der Waals surface area (Å²) in [6.45, 7) is 7.05. The molecule has 0 radical (unpaired) electrons. The van der Waals surface area contributed by atoms with Crippen LogP contribution < -0.4 is 0 Å². The predicted molar refractivity (Wildman–Crippen MR) is 249 cm³/mol. The number of hydrogen-bond donors (Lipinski definition) is 0. The van der Waals surface area contributed by atoms with E-state index in [4.69, 9.17) is 9.47 Å². The summed E-state index contributed by atoms with van der Waals surface area (Å²) in [6.07, 6.45) is 53.5. The Morgan fingerprint density at radius 3 is 0.946 bits per heavy atom. The van der Waals surface area contributed by atoms with Crippen LogP contribution >= 0.6 is 11.8 Å². The molecule has 0 unspecified atom stereocenters. The van der Waals surface area contributed by atoms with Crippen LogP contribution in [0, 0.1) is 0 Å². The first-order valence-electron chi connectivity index (χ1n) is 25.6. The predicted octanol–water partition coefficient (Wildman–Crippen LogP) is 17.6. The zero-order valence-electron chi connectivity index (χ0n) is 38.4. The molecule has 0 aliphatic carbocycles. The standard InChI is InChI=1S/C51H100O4S/c1-4-7-10-13-16-19-22-25-28-31-34-37-40-43-46-56-48-49(55-51(53)45-42-39-36-33-30-27-24-21-18-15-12-9-6-3)47-54-50(52)44-41-38-35-32-29-26-23-20-17-14-11-8-5-2/h49H,4-48H2,1-3H3/t49-/m1/s1. The van der Waals surface area contributed by atoms with Crippen molar-refractivity contribution in [1.29, 1.82) is 0 Å². The van der Waals surface area contributed by atoms with Gasteiger partial charge in [-0.25, -0.2) is 0 Å². The SMILES string of the molecule is CCCCCCCCCCCCCCCCSC[C@@H](COC(=O)CCCCCCCCCCCCCCC)OC(=O)CCCCCCCCCCCCCCC. The molecule has 4 nitrogen and oxygen atoms in total. The minimum absolute atomic E-state index is 0.122. The lowest BCUT2D eigenvalue weighted by Gasteiger charge is -2.18. The summed E-state index contributed by atoms with van der Waals surface area (Å²) in [5, 5.41) is 0. The zero-order valence-corrected chi connectivity index (χ0v) is 39.3. The first-order valence-corrected chi connectivity index (χ1v) is 26.7. The second kappa shape index (κ2) is 48.7. The molecule has 0 rings (SSSR count). The zero-order chi connectivity index (χ0) is 40.7. The number of hydrogen-bond acceptors (Lipinski definition) is 5. The van der Waals surface area contributed by atoms with E-state index in [-0.39, 0.29) is 24.6 Å². The van der Waals surface area contributed by atoms with Crippen LogP contribution in [0.2, 0.25) is 0 Å². The van der Waals surface area contributed by atoms with Gasteiger partial charge in [-0.2, -0.15) is 11.8 Å². The van der Waals surface area contributed by atoms with E-state index in [1.54, 1.807) is 0 Å². The Hall–Kier alpha value is -0.710. The molecule has 0 N–H and O–H groups in total. The first kappa shape index (κ1) is 55.3. The summed E-state index contributed by atoms with van der Waals surface area (Å²) in [6, 6.07) is 0. The topological polar surface area (TPSA) is 52.6 Å². The number of carbonyl (C=O) groups excluding carboxylic acids is 2. The summed E-state index contributed by atoms with van der Waals surface area (Å²) in [5.74, 6) is 1.54. The molecular weight excluding hydrogens is 709 g/mol. The monoisotopic (exact) mass is 809 g/mol. The van der Waals surface area contributed by atoms with Crippen LogP contribution in [-0.4, -0.2) is 36.2 Å². The van der Waals surface area contributed by atoms with E-state index in [0.29, 0.717) is 12.8 Å². The summed E-state index contributed by atoms with van der Waals surface area (Å²) < 4.78 is 11.6. The minimum Gasteiger partial charge on any atom is -0.462 e. The van der Waals surface area contributed by atoms with Crippen molar-refractivity contribution in [2.75, 3.05) is 18.1 Å². The average molecular weight is 809 g/mol. The van der Waals surface area contributed by atoms with E-state index in [9.17, 15) is 9.59 Å². The Kier molecular flexibility index (Phi) is 48.0. The molecule has 334 valence electrons. The van der Waals surface area contributed by atoms with Crippen LogP contribution in [0.4, 0.5) is 0 Å². The average Bonchev–Trinajstić information content (AvgIpc) is 3.20. The number of carbonyl (C=O) groups is 2. The molecular formula is C51H100O4S. The maximum absolute atomic E-state index is 12.8. The third kappa shape index (κ3) is 46.0. The van der Waals surface area contributed by atoms with Gasteiger partial charge in [0.1, 0.15) is 12.7 Å². The Labute approximate surface area is 356 Å². The van der Waals surface area contributed by atoms with Crippen molar-refractivity contribution in [1.82, 2.24) is 0 Å². The number of unbranched alkanes of at least 4 members (excludes halogenated alkanes) is 37. The lowest BCUT2D eigenvalue weighted by molar-refractivity contribution is -0.157. The van der Waals surface area contributed by atoms with Gasteiger partial charge in [0.05, 0.1) is 0 Å². The van der Waals surface area contributed by atoms with Crippen molar-refractivity contribution in [3.05, 3.63) is 0 Å². The molecule has 0 amide bonds. The summed E-state index contributed by atoms with van der Waals surface area (Å²) in [4.78, 5) is 25.4. The molecule has 0 aromatic carbocycles. The first-order chi connectivity index (χ1) is 27.6. The van der Waals surface area contributed by atoms with Crippen molar-refractivity contribution in [2.24, 2.45) is 0 Å². The molecule has 0 aromatic rings. The van der Waals surface area contributed by atoms with Gasteiger partial charge in [0.2, 0.25) is 0 Å². The lowest BCUT2D eigenvalue weighted by atomic mass is 10.0. The molecule has 1 atom stereocenters. The largest absolute Gasteiger partial charge is 0.462 e. The Morgan fingerprint density at radius 2 is 0.625 bits per heavy atom. The van der Waals surface area contributed by atoms with Gasteiger partial charge in [0.15, 0.2) is 0 Å². The van der Waals surface area contributed by atoms with Crippen molar-refractivity contribution in [3.8, 4) is 0 Å². The van der Waals surface area contributed by atoms with Gasteiger partial charge in [-0.05, 0) is 25.0 Å². The fraction of sp³-hybridized carbons (Fsp3) is 0.961. The molecule has 0 aromatic heterocycles. The van der Waals surface area contributed by atoms with E-state index >= 15 is 0 Å². The van der Waals surface area contributed by atoms with Crippen LogP contribution in [-0.2, 0) is 19.1 Å². The van der Waals surface area contributed by atoms with Gasteiger partial charge in [-0.15, -0.1) is 0 Å². The number of esters is 2. The third-order valence-corrected chi connectivity index (χ3v) is 12.8. The van der Waals surface area contributed by atoms with Gasteiger partial charge in [0.25, 0.3) is 0 Å². The van der Waals surface area contributed by atoms with E-state index in [0.717, 1.165) is 37.2 Å². The van der Waals surface area contributed by atoms with Crippen molar-refractivity contribution >= 4 is 23.7 Å². The quantitative estimate of drug-likeness (QED) is 0.0453. The van der Waals surface area contributed by atoms with Gasteiger partial charge >= 0.3 is 11.9 Å². The molecule has 0 bridgehead atoms. The van der Waals surface area contributed by atoms with E-state index in [2.05, 4.69) is 20.8 Å². The van der Waals surface area contributed by atoms with Gasteiger partial charge in [-0.3, -0.25) is 9.59 Å². The summed E-state index contributed by atoms with van der Waals surface area (Å²) >= 11 is 1.86. The second-order valence-corrected chi connectivity index (χ2v) is 18.6. The highest BCUT2D eigenvalue weighted by atomic mass is 32.2. The highest BCUT2D eigenvalue weighted by Crippen LogP contribution is 2.18. The van der Waals surface area contributed by atoms with Gasteiger partial charge < -0.3 is 9.47 Å². The van der Waals surface area contributed by atoms with Crippen LogP contribution in [0.25, 0.3) is 0 Å². The molecule has 0 fully saturated rings. The van der Waals surface area contributed by atoms with Crippen molar-refractivity contribution in [3.63, 3.8) is 0 Å². The molecule has 0 aliphatic rings. The highest BCUT2D eigenvalue weighted by Gasteiger charge is 2.17. The van der Waals surface area contributed by atoms with Crippen LogP contribution in [0.5, 0.6) is 0 Å². The molecule has 0 heterocycles. The van der Waals surface area contributed by atoms with Crippen LogP contribution in [0.1, 0.15) is 290 Å². The fourth-order valence-electron chi connectivity index (χ4n) is 7.81. The smallest absolute Gasteiger partial charge is 0.306 e. The fourth-order valence-corrected chi connectivity index (χ4v) is 8.81. The van der Waals surface area contributed by atoms with E-state index < -0.39 is 0 Å². The molecule has 0 saturated heterocycles. The van der Waals surface area contributed by atoms with E-state index in [1.807, 2.05) is 11.8 Å². The molecule has 5 heteroatoms. The minimum atomic E-state index is -0.336. The lowest BCUT2D eigenvalue weighted by Crippen LogP contribution is -2.27. The van der Waals surface area contributed by atoms with E-state index in [1.165, 1.54) is 231 Å². The van der Waals surface area contributed by atoms with Crippen molar-refractivity contribution in [2.45, 2.75) is 297 Å². The normalized spacial score (nSPS) is 12.0. The Morgan fingerprint density at radius 1 is 0.357 bits per heavy atom. The number of ether oxygens (including phenoxy) is 2. The van der Waals surface area contributed by atoms with Gasteiger partial charge in [-0.1, -0.05) is 258 Å². The molecule has 0 saturated carbocycles. The summed E-state index contributed by atoms with van der Waals surface area (Å²) in [5.41, 5.74) is 0.